The van der Waals surface area contributed by atoms with Crippen molar-refractivity contribution in [1.29, 1.82) is 0 Å². The molecule has 0 spiro atoms. The number of H-pyrrole nitrogens is 1. The second-order valence-electron chi connectivity index (χ2n) is 3.88. The third kappa shape index (κ3) is 1.59. The Kier molecular flexibility index (Phi) is 2.09. The number of aromatic amines is 1. The molecular formula is C12H14N. The van der Waals surface area contributed by atoms with Crippen LogP contribution in [0.5, 0.6) is 0 Å². The van der Waals surface area contributed by atoms with Gasteiger partial charge in [-0.3, -0.25) is 0 Å². The lowest BCUT2D eigenvalue weighted by Crippen LogP contribution is -1.91. The molecule has 0 atom stereocenters. The molecule has 1 aromatic heterocycles. The minimum atomic E-state index is 0.708. The molecule has 67 valence electrons. The van der Waals surface area contributed by atoms with Gasteiger partial charge >= 0.3 is 0 Å². The third-order valence-electron chi connectivity index (χ3n) is 2.24. The summed E-state index contributed by atoms with van der Waals surface area (Å²) >= 11 is 0. The van der Waals surface area contributed by atoms with Gasteiger partial charge in [-0.1, -0.05) is 19.9 Å². The number of nitrogens with one attached hydrogen (secondary N) is 1. The van der Waals surface area contributed by atoms with Gasteiger partial charge in [-0.2, -0.15) is 0 Å². The van der Waals surface area contributed by atoms with Gasteiger partial charge in [-0.25, -0.2) is 0 Å². The molecule has 0 aliphatic heterocycles. The minimum absolute atomic E-state index is 0.708. The zero-order chi connectivity index (χ0) is 9.26. The fourth-order valence-electron chi connectivity index (χ4n) is 1.67. The summed E-state index contributed by atoms with van der Waals surface area (Å²) in [6.07, 6.45) is 3.25. The van der Waals surface area contributed by atoms with E-state index in [1.807, 2.05) is 6.07 Å². The zero-order valence-electron chi connectivity index (χ0n) is 8.09. The number of aromatic nitrogens is 1. The molecule has 1 N–H and O–H groups in total. The molecule has 0 aliphatic rings. The molecule has 1 aromatic carbocycles. The maximum atomic E-state index is 3.27. The molecule has 0 bridgehead atoms. The molecule has 0 saturated carbocycles. The fraction of sp³-hybridized carbons (Fsp3) is 0.333. The highest BCUT2D eigenvalue weighted by Crippen LogP contribution is 2.19. The van der Waals surface area contributed by atoms with Crippen molar-refractivity contribution >= 4 is 10.9 Å². The first-order valence-electron chi connectivity index (χ1n) is 4.73. The van der Waals surface area contributed by atoms with Crippen LogP contribution in [0.2, 0.25) is 0 Å². The lowest BCUT2D eigenvalue weighted by atomic mass is 10.0. The molecule has 1 nitrogen and oxygen atoms in total. The Bertz CT molecular complexity index is 398. The number of fused-ring (bicyclic) bond motifs is 1. The molecule has 1 heterocycles. The maximum Gasteiger partial charge on any atom is 0.0457 e. The van der Waals surface area contributed by atoms with Crippen LogP contribution in [-0.2, 0) is 6.42 Å². The Morgan fingerprint density at radius 1 is 1.46 bits per heavy atom. The molecular weight excluding hydrogens is 158 g/mol. The van der Waals surface area contributed by atoms with Crippen molar-refractivity contribution < 1.29 is 0 Å². The third-order valence-corrected chi connectivity index (χ3v) is 2.24. The number of hydrogen-bond acceptors (Lipinski definition) is 0. The van der Waals surface area contributed by atoms with Crippen molar-refractivity contribution in [2.24, 2.45) is 5.92 Å². The van der Waals surface area contributed by atoms with E-state index < -0.39 is 0 Å². The van der Waals surface area contributed by atoms with E-state index >= 15 is 0 Å². The summed E-state index contributed by atoms with van der Waals surface area (Å²) in [4.78, 5) is 3.27. The minimum Gasteiger partial charge on any atom is -0.361 e. The maximum absolute atomic E-state index is 3.27. The molecule has 13 heavy (non-hydrogen) atoms. The van der Waals surface area contributed by atoms with E-state index in [0.29, 0.717) is 5.92 Å². The van der Waals surface area contributed by atoms with Gasteiger partial charge < -0.3 is 4.98 Å². The van der Waals surface area contributed by atoms with Crippen molar-refractivity contribution in [2.75, 3.05) is 0 Å². The van der Waals surface area contributed by atoms with E-state index in [0.717, 1.165) is 6.42 Å². The van der Waals surface area contributed by atoms with Gasteiger partial charge in [-0.15, -0.1) is 0 Å². The largest absolute Gasteiger partial charge is 0.361 e. The average molecular weight is 172 g/mol. The van der Waals surface area contributed by atoms with Crippen LogP contribution < -0.4 is 0 Å². The number of benzene rings is 1. The second-order valence-corrected chi connectivity index (χ2v) is 3.88. The van der Waals surface area contributed by atoms with Crippen LogP contribution in [0.4, 0.5) is 0 Å². The summed E-state index contributed by atoms with van der Waals surface area (Å²) in [5.41, 5.74) is 2.62. The van der Waals surface area contributed by atoms with Crippen LogP contribution in [0.25, 0.3) is 10.9 Å². The van der Waals surface area contributed by atoms with E-state index in [-0.39, 0.29) is 0 Å². The van der Waals surface area contributed by atoms with Gasteiger partial charge in [0, 0.05) is 17.1 Å². The molecule has 0 amide bonds. The molecule has 0 unspecified atom stereocenters. The fourth-order valence-corrected chi connectivity index (χ4v) is 1.67. The Morgan fingerprint density at radius 3 is 3.08 bits per heavy atom. The lowest BCUT2D eigenvalue weighted by Gasteiger charge is -2.01. The predicted molar refractivity (Wildman–Crippen MR) is 55.7 cm³/mol. The molecule has 0 aliphatic carbocycles. The standard InChI is InChI=1S/C12H14N/c1-9(2)7-10-8-13-12-6-4-3-5-11(10)12/h4-6,8-9,13H,7H2,1-2H3. The van der Waals surface area contributed by atoms with Crippen LogP contribution in [0.1, 0.15) is 19.4 Å². The highest BCUT2D eigenvalue weighted by molar-refractivity contribution is 5.82. The summed E-state index contributed by atoms with van der Waals surface area (Å²) in [6.45, 7) is 4.48. The van der Waals surface area contributed by atoms with Crippen LogP contribution in [0.3, 0.4) is 0 Å². The molecule has 2 rings (SSSR count). The summed E-state index contributed by atoms with van der Waals surface area (Å²) in [6, 6.07) is 9.19. The molecule has 2 aromatic rings. The molecule has 0 saturated heterocycles. The van der Waals surface area contributed by atoms with E-state index in [2.05, 4.69) is 43.2 Å². The topological polar surface area (TPSA) is 15.8 Å². The summed E-state index contributed by atoms with van der Waals surface area (Å²) in [5, 5.41) is 1.32. The Labute approximate surface area is 78.8 Å². The first-order chi connectivity index (χ1) is 6.27. The van der Waals surface area contributed by atoms with Crippen molar-refractivity contribution in [3.8, 4) is 0 Å². The van der Waals surface area contributed by atoms with Gasteiger partial charge in [0.1, 0.15) is 0 Å². The molecule has 0 fully saturated rings. The van der Waals surface area contributed by atoms with Crippen molar-refractivity contribution in [1.82, 2.24) is 4.98 Å². The summed E-state index contributed by atoms with van der Waals surface area (Å²) in [5.74, 6) is 0.708. The van der Waals surface area contributed by atoms with Gasteiger partial charge in [0.25, 0.3) is 0 Å². The van der Waals surface area contributed by atoms with Crippen LogP contribution in [0, 0.1) is 12.0 Å². The Balaban J connectivity index is 2.46. The van der Waals surface area contributed by atoms with Gasteiger partial charge in [0.15, 0.2) is 0 Å². The van der Waals surface area contributed by atoms with Crippen LogP contribution >= 0.6 is 0 Å². The summed E-state index contributed by atoms with van der Waals surface area (Å²) < 4.78 is 0. The van der Waals surface area contributed by atoms with Crippen molar-refractivity contribution in [3.63, 3.8) is 0 Å². The van der Waals surface area contributed by atoms with Crippen molar-refractivity contribution in [2.45, 2.75) is 20.3 Å². The normalized spacial score (nSPS) is 11.3. The smallest absolute Gasteiger partial charge is 0.0457 e. The molecule has 1 heteroatoms. The molecule has 1 radical (unpaired) electrons. The Morgan fingerprint density at radius 2 is 2.31 bits per heavy atom. The SMILES string of the molecule is CC(C)Cc1c[nH]c2cc[c]cc12. The van der Waals surface area contributed by atoms with Gasteiger partial charge in [0.05, 0.1) is 0 Å². The first kappa shape index (κ1) is 8.36. The van der Waals surface area contributed by atoms with Crippen LogP contribution in [-0.4, -0.2) is 4.98 Å². The zero-order valence-corrected chi connectivity index (χ0v) is 8.09. The van der Waals surface area contributed by atoms with Gasteiger partial charge in [0.2, 0.25) is 0 Å². The number of rotatable bonds is 2. The van der Waals surface area contributed by atoms with Crippen LogP contribution in [0.15, 0.2) is 24.4 Å². The second kappa shape index (κ2) is 3.25. The van der Waals surface area contributed by atoms with E-state index in [1.54, 1.807) is 0 Å². The monoisotopic (exact) mass is 172 g/mol. The van der Waals surface area contributed by atoms with E-state index in [9.17, 15) is 0 Å². The van der Waals surface area contributed by atoms with E-state index in [4.69, 9.17) is 0 Å². The highest BCUT2D eigenvalue weighted by Gasteiger charge is 2.03. The predicted octanol–water partition coefficient (Wildman–Crippen LogP) is 3.17. The van der Waals surface area contributed by atoms with Gasteiger partial charge in [-0.05, 0) is 36.1 Å². The quantitative estimate of drug-likeness (QED) is 0.716. The number of hydrogen-bond donors (Lipinski definition) is 1. The average Bonchev–Trinajstić information content (AvgIpc) is 2.48. The first-order valence-corrected chi connectivity index (χ1v) is 4.73. The van der Waals surface area contributed by atoms with Crippen molar-refractivity contribution in [3.05, 3.63) is 36.0 Å². The summed E-state index contributed by atoms with van der Waals surface area (Å²) in [7, 11) is 0. The lowest BCUT2D eigenvalue weighted by molar-refractivity contribution is 0.650. The highest BCUT2D eigenvalue weighted by atomic mass is 14.7. The Hall–Kier alpha value is -1.24. The van der Waals surface area contributed by atoms with E-state index in [1.165, 1.54) is 16.5 Å².